The molecule has 0 radical (unpaired) electrons. The summed E-state index contributed by atoms with van der Waals surface area (Å²) in [4.78, 5) is 72.6. The molecule has 0 saturated carbocycles. The lowest BCUT2D eigenvalue weighted by molar-refractivity contribution is -0.147. The van der Waals surface area contributed by atoms with Gasteiger partial charge in [-0.25, -0.2) is 9.78 Å². The summed E-state index contributed by atoms with van der Waals surface area (Å²) in [7, 11) is 1.24. The Morgan fingerprint density at radius 2 is 1.18 bits per heavy atom. The van der Waals surface area contributed by atoms with Crippen molar-refractivity contribution in [2.75, 3.05) is 7.11 Å². The zero-order chi connectivity index (χ0) is 33.3. The van der Waals surface area contributed by atoms with Gasteiger partial charge in [-0.05, 0) is 47.8 Å². The third-order valence-corrected chi connectivity index (χ3v) is 7.47. The number of aromatic amines is 1. The molecule has 0 spiro atoms. The number of amides is 4. The number of carbonyl (C=O) groups excluding carboxylic acids is 5. The van der Waals surface area contributed by atoms with Gasteiger partial charge in [0.05, 0.1) is 13.2 Å². The van der Waals surface area contributed by atoms with E-state index in [-0.39, 0.29) is 30.1 Å². The molecule has 0 unspecified atom stereocenters. The highest BCUT2D eigenvalue weighted by molar-refractivity contribution is 5.96. The van der Waals surface area contributed by atoms with Crippen LogP contribution in [0.15, 0.2) is 24.5 Å². The lowest BCUT2D eigenvalue weighted by Gasteiger charge is -2.30. The lowest BCUT2D eigenvalue weighted by atomic mass is 9.97. The summed E-state index contributed by atoms with van der Waals surface area (Å²) in [6.07, 6.45) is 3.65. The van der Waals surface area contributed by atoms with E-state index in [4.69, 9.17) is 10.5 Å². The Bertz CT molecular complexity index is 1310. The Morgan fingerprint density at radius 1 is 0.750 bits per heavy atom. The molecule has 0 aliphatic carbocycles. The van der Waals surface area contributed by atoms with E-state index in [0.29, 0.717) is 5.65 Å². The van der Waals surface area contributed by atoms with Gasteiger partial charge in [-0.1, -0.05) is 55.4 Å². The molecule has 7 N–H and O–H groups in total. The van der Waals surface area contributed by atoms with Gasteiger partial charge in [-0.2, -0.15) is 0 Å². The molecule has 0 aliphatic heterocycles. The van der Waals surface area contributed by atoms with Gasteiger partial charge < -0.3 is 36.7 Å². The van der Waals surface area contributed by atoms with Crippen molar-refractivity contribution in [3.05, 3.63) is 30.1 Å². The highest BCUT2D eigenvalue weighted by Crippen LogP contribution is 2.17. The van der Waals surface area contributed by atoms with Gasteiger partial charge in [-0.15, -0.1) is 0 Å². The maximum Gasteiger partial charge on any atom is 0.328 e. The predicted molar refractivity (Wildman–Crippen MR) is 167 cm³/mol. The molecule has 0 aliphatic rings. The van der Waals surface area contributed by atoms with Crippen LogP contribution in [0.25, 0.3) is 11.0 Å². The summed E-state index contributed by atoms with van der Waals surface area (Å²) in [5.74, 6) is -4.01. The molecule has 0 saturated heterocycles. The average Bonchev–Trinajstić information content (AvgIpc) is 3.36. The van der Waals surface area contributed by atoms with Crippen molar-refractivity contribution >= 4 is 40.6 Å². The first-order valence-corrected chi connectivity index (χ1v) is 15.0. The monoisotopic (exact) mass is 615 g/mol. The predicted octanol–water partition coefficient (Wildman–Crippen LogP) is 1.17. The van der Waals surface area contributed by atoms with E-state index in [1.165, 1.54) is 7.11 Å². The summed E-state index contributed by atoms with van der Waals surface area (Å²) in [6, 6.07) is -1.10. The van der Waals surface area contributed by atoms with Crippen LogP contribution in [0.1, 0.15) is 61.0 Å². The van der Waals surface area contributed by atoms with Crippen molar-refractivity contribution in [2.45, 2.75) is 92.0 Å². The zero-order valence-corrected chi connectivity index (χ0v) is 27.2. The van der Waals surface area contributed by atoms with E-state index in [1.54, 1.807) is 73.8 Å². The number of rotatable bonds is 15. The number of nitrogens with one attached hydrogen (secondary N) is 5. The summed E-state index contributed by atoms with van der Waals surface area (Å²) in [5.41, 5.74) is 7.74. The number of aromatic nitrogens is 2. The molecule has 0 bridgehead atoms. The second-order valence-corrected chi connectivity index (χ2v) is 12.5. The summed E-state index contributed by atoms with van der Waals surface area (Å²) in [6.45, 7) is 14.1. The zero-order valence-electron chi connectivity index (χ0n) is 27.2. The molecule has 44 heavy (non-hydrogen) atoms. The fraction of sp³-hybridized carbons (Fsp3) is 0.613. The molecule has 13 nitrogen and oxygen atoms in total. The fourth-order valence-electron chi connectivity index (χ4n) is 4.73. The standard InChI is InChI=1S/C31H49N7O6/c1-15(2)22(35-27(39)21(32)13-19-14-34-26-20(19)11-10-12-33-26)28(40)36-23(16(3)4)29(41)37-24(17(5)6)30(42)38-25(18(7)8)31(43)44-9/h10-12,14-18,21-25H,13,32H2,1-9H3,(H,33,34)(H,35,39)(H,36,40)(H,37,41)(H,38,42)/t21-,22-,23-,24-,25-/m0/s1. The number of H-pyrrole nitrogens is 1. The number of nitrogens with two attached hydrogens (primary N) is 1. The first kappa shape index (κ1) is 36.2. The number of pyridine rings is 1. The SMILES string of the molecule is COC(=O)[C@@H](NC(=O)[C@@H](NC(=O)[C@@H](NC(=O)[C@@H](NC(=O)[C@@H](N)Cc1c[nH]c2ncccc12)C(C)C)C(C)C)C(C)C)C(C)C. The molecule has 2 heterocycles. The number of nitrogens with zero attached hydrogens (tertiary/aromatic N) is 1. The van der Waals surface area contributed by atoms with Crippen molar-refractivity contribution in [2.24, 2.45) is 29.4 Å². The summed E-state index contributed by atoms with van der Waals surface area (Å²) < 4.78 is 4.81. The number of carbonyl (C=O) groups is 5. The molecule has 2 aromatic heterocycles. The van der Waals surface area contributed by atoms with Crippen LogP contribution in [0, 0.1) is 23.7 Å². The number of hydrogen-bond acceptors (Lipinski definition) is 8. The van der Waals surface area contributed by atoms with Crippen LogP contribution in [0.4, 0.5) is 0 Å². The van der Waals surface area contributed by atoms with Crippen LogP contribution in [0.2, 0.25) is 0 Å². The maximum atomic E-state index is 13.4. The van der Waals surface area contributed by atoms with Gasteiger partial charge in [0.2, 0.25) is 23.6 Å². The highest BCUT2D eigenvalue weighted by atomic mass is 16.5. The van der Waals surface area contributed by atoms with Gasteiger partial charge in [0, 0.05) is 17.8 Å². The molecule has 2 rings (SSSR count). The van der Waals surface area contributed by atoms with Gasteiger partial charge in [0.15, 0.2) is 0 Å². The molecule has 13 heteroatoms. The van der Waals surface area contributed by atoms with Gasteiger partial charge in [0.1, 0.15) is 29.8 Å². The van der Waals surface area contributed by atoms with E-state index in [0.717, 1.165) is 10.9 Å². The molecular formula is C31H49N7O6. The second-order valence-electron chi connectivity index (χ2n) is 12.5. The van der Waals surface area contributed by atoms with Crippen LogP contribution in [0.3, 0.4) is 0 Å². The van der Waals surface area contributed by atoms with Crippen molar-refractivity contribution in [1.29, 1.82) is 0 Å². The van der Waals surface area contributed by atoms with Crippen LogP contribution in [-0.2, 0) is 35.1 Å². The van der Waals surface area contributed by atoms with Gasteiger partial charge in [-0.3, -0.25) is 19.2 Å². The highest BCUT2D eigenvalue weighted by Gasteiger charge is 2.35. The number of hydrogen-bond donors (Lipinski definition) is 6. The fourth-order valence-corrected chi connectivity index (χ4v) is 4.73. The van der Waals surface area contributed by atoms with E-state index in [9.17, 15) is 24.0 Å². The van der Waals surface area contributed by atoms with Crippen molar-refractivity contribution < 1.29 is 28.7 Å². The molecular weight excluding hydrogens is 566 g/mol. The Balaban J connectivity index is 2.12. The van der Waals surface area contributed by atoms with Crippen molar-refractivity contribution in [3.63, 3.8) is 0 Å². The van der Waals surface area contributed by atoms with E-state index < -0.39 is 59.8 Å². The van der Waals surface area contributed by atoms with Crippen LogP contribution in [-0.4, -0.2) is 76.9 Å². The van der Waals surface area contributed by atoms with E-state index in [1.807, 2.05) is 6.07 Å². The van der Waals surface area contributed by atoms with E-state index in [2.05, 4.69) is 31.2 Å². The van der Waals surface area contributed by atoms with Crippen molar-refractivity contribution in [1.82, 2.24) is 31.2 Å². The van der Waals surface area contributed by atoms with Gasteiger partial charge in [0.25, 0.3) is 0 Å². The second kappa shape index (κ2) is 16.2. The number of ether oxygens (including phenoxy) is 1. The average molecular weight is 616 g/mol. The van der Waals surface area contributed by atoms with E-state index >= 15 is 0 Å². The molecule has 5 atom stereocenters. The number of fused-ring (bicyclic) bond motifs is 1. The maximum absolute atomic E-state index is 13.4. The molecule has 4 amide bonds. The topological polar surface area (TPSA) is 197 Å². The summed E-state index contributed by atoms with van der Waals surface area (Å²) >= 11 is 0. The van der Waals surface area contributed by atoms with Gasteiger partial charge >= 0.3 is 5.97 Å². The largest absolute Gasteiger partial charge is 0.467 e. The number of methoxy groups -OCH3 is 1. The molecule has 244 valence electrons. The molecule has 2 aromatic rings. The first-order chi connectivity index (χ1) is 20.6. The first-order valence-electron chi connectivity index (χ1n) is 15.0. The normalized spacial score (nSPS) is 15.0. The third kappa shape index (κ3) is 9.50. The van der Waals surface area contributed by atoms with Crippen LogP contribution < -0.4 is 27.0 Å². The minimum absolute atomic E-state index is 0.229. The molecule has 0 aromatic carbocycles. The van der Waals surface area contributed by atoms with Crippen molar-refractivity contribution in [3.8, 4) is 0 Å². The Labute approximate surface area is 259 Å². The Hall–Kier alpha value is -4.00. The summed E-state index contributed by atoms with van der Waals surface area (Å²) in [5, 5.41) is 11.8. The minimum atomic E-state index is -1.01. The quantitative estimate of drug-likeness (QED) is 0.160. The molecule has 0 fully saturated rings. The Morgan fingerprint density at radius 3 is 1.61 bits per heavy atom. The lowest BCUT2D eigenvalue weighted by Crippen LogP contribution is -2.61. The number of esters is 1. The minimum Gasteiger partial charge on any atom is -0.467 e. The Kier molecular flexibility index (Phi) is 13.3. The smallest absolute Gasteiger partial charge is 0.328 e. The van der Waals surface area contributed by atoms with Crippen LogP contribution in [0.5, 0.6) is 0 Å². The van der Waals surface area contributed by atoms with Crippen LogP contribution >= 0.6 is 0 Å². The third-order valence-electron chi connectivity index (χ3n) is 7.47.